The third-order valence-corrected chi connectivity index (χ3v) is 5.00. The highest BCUT2D eigenvalue weighted by Crippen LogP contribution is 2.21. The van der Waals surface area contributed by atoms with Crippen LogP contribution in [-0.2, 0) is 9.53 Å². The van der Waals surface area contributed by atoms with Crippen molar-refractivity contribution >= 4 is 23.6 Å². The molecule has 0 spiro atoms. The summed E-state index contributed by atoms with van der Waals surface area (Å²) >= 11 is 6.01. The molecule has 0 saturated carbocycles. The van der Waals surface area contributed by atoms with Crippen LogP contribution in [0.2, 0.25) is 5.02 Å². The maximum atomic E-state index is 12.4. The molecule has 0 unspecified atom stereocenters. The van der Waals surface area contributed by atoms with E-state index in [-0.39, 0.29) is 5.91 Å². The summed E-state index contributed by atoms with van der Waals surface area (Å²) in [5.41, 5.74) is 1.13. The second-order valence-corrected chi connectivity index (χ2v) is 6.96. The number of nitrogens with zero attached hydrogens (tertiary/aromatic N) is 2. The molecular formula is C19H25ClN2O2. The van der Waals surface area contributed by atoms with Gasteiger partial charge in [0.05, 0.1) is 19.8 Å². The van der Waals surface area contributed by atoms with E-state index < -0.39 is 0 Å². The zero-order chi connectivity index (χ0) is 16.8. The molecule has 1 aromatic rings. The number of rotatable bonds is 4. The van der Waals surface area contributed by atoms with Crippen LogP contribution in [0.25, 0.3) is 6.08 Å². The van der Waals surface area contributed by atoms with Gasteiger partial charge in [-0.3, -0.25) is 9.69 Å². The van der Waals surface area contributed by atoms with E-state index in [9.17, 15) is 4.79 Å². The van der Waals surface area contributed by atoms with Gasteiger partial charge in [-0.2, -0.15) is 0 Å². The third kappa shape index (κ3) is 5.07. The van der Waals surface area contributed by atoms with Crippen molar-refractivity contribution in [2.75, 3.05) is 45.9 Å². The molecule has 0 radical (unpaired) electrons. The lowest BCUT2D eigenvalue weighted by Gasteiger charge is -2.33. The Hall–Kier alpha value is -1.36. The average molecular weight is 349 g/mol. The molecular weight excluding hydrogens is 324 g/mol. The summed E-state index contributed by atoms with van der Waals surface area (Å²) in [7, 11) is 0. The van der Waals surface area contributed by atoms with Gasteiger partial charge >= 0.3 is 0 Å². The molecule has 2 saturated heterocycles. The largest absolute Gasteiger partial charge is 0.379 e. The molecule has 0 aliphatic carbocycles. The summed E-state index contributed by atoms with van der Waals surface area (Å²) in [4.78, 5) is 16.6. The SMILES string of the molecule is O=C(CN1CCOCC1)N1CCC(/C=C/c2cccc(Cl)c2)CC1. The summed E-state index contributed by atoms with van der Waals surface area (Å²) in [6.45, 7) is 5.45. The Morgan fingerprint density at radius 2 is 1.96 bits per heavy atom. The summed E-state index contributed by atoms with van der Waals surface area (Å²) in [6, 6.07) is 7.88. The summed E-state index contributed by atoms with van der Waals surface area (Å²) in [5.74, 6) is 0.797. The van der Waals surface area contributed by atoms with Gasteiger partial charge in [-0.1, -0.05) is 35.9 Å². The van der Waals surface area contributed by atoms with Crippen LogP contribution < -0.4 is 0 Å². The van der Waals surface area contributed by atoms with Crippen LogP contribution in [-0.4, -0.2) is 61.6 Å². The number of morpholine rings is 1. The van der Waals surface area contributed by atoms with Crippen LogP contribution in [0.15, 0.2) is 30.3 Å². The monoisotopic (exact) mass is 348 g/mol. The minimum absolute atomic E-state index is 0.258. The first-order chi connectivity index (χ1) is 11.7. The molecule has 4 nitrogen and oxygen atoms in total. The Labute approximate surface area is 149 Å². The fourth-order valence-electron chi connectivity index (χ4n) is 3.25. The Kier molecular flexibility index (Phi) is 6.30. The van der Waals surface area contributed by atoms with Gasteiger partial charge in [0, 0.05) is 31.2 Å². The van der Waals surface area contributed by atoms with Crippen LogP contribution in [0.3, 0.4) is 0 Å². The number of likely N-dealkylation sites (tertiary alicyclic amines) is 1. The van der Waals surface area contributed by atoms with Gasteiger partial charge in [-0.15, -0.1) is 0 Å². The molecule has 5 heteroatoms. The summed E-state index contributed by atoms with van der Waals surface area (Å²) < 4.78 is 5.33. The molecule has 0 aromatic heterocycles. The predicted octanol–water partition coefficient (Wildman–Crippen LogP) is 2.92. The Balaban J connectivity index is 1.44. The first-order valence-corrected chi connectivity index (χ1v) is 9.10. The number of allylic oxidation sites excluding steroid dienone is 1. The van der Waals surface area contributed by atoms with E-state index in [1.54, 1.807) is 0 Å². The van der Waals surface area contributed by atoms with E-state index in [1.807, 2.05) is 23.1 Å². The topological polar surface area (TPSA) is 32.8 Å². The van der Waals surface area contributed by atoms with E-state index in [0.717, 1.165) is 62.8 Å². The van der Waals surface area contributed by atoms with Crippen LogP contribution in [0, 0.1) is 5.92 Å². The van der Waals surface area contributed by atoms with Crippen molar-refractivity contribution in [2.24, 2.45) is 5.92 Å². The van der Waals surface area contributed by atoms with E-state index >= 15 is 0 Å². The molecule has 24 heavy (non-hydrogen) atoms. The summed E-state index contributed by atoms with van der Waals surface area (Å²) in [6.07, 6.45) is 6.47. The first-order valence-electron chi connectivity index (χ1n) is 8.72. The third-order valence-electron chi connectivity index (χ3n) is 4.76. The minimum atomic E-state index is 0.258. The van der Waals surface area contributed by atoms with Crippen LogP contribution in [0.5, 0.6) is 0 Å². The summed E-state index contributed by atoms with van der Waals surface area (Å²) in [5, 5.41) is 0.765. The van der Waals surface area contributed by atoms with Gasteiger partial charge in [0.25, 0.3) is 0 Å². The number of amides is 1. The van der Waals surface area contributed by atoms with Crippen molar-refractivity contribution in [1.82, 2.24) is 9.80 Å². The number of ether oxygens (including phenoxy) is 1. The average Bonchev–Trinajstić information content (AvgIpc) is 2.61. The van der Waals surface area contributed by atoms with Crippen LogP contribution >= 0.6 is 11.6 Å². The Morgan fingerprint density at radius 1 is 1.21 bits per heavy atom. The van der Waals surface area contributed by atoms with E-state index in [2.05, 4.69) is 23.1 Å². The maximum absolute atomic E-state index is 12.4. The number of hydrogen-bond donors (Lipinski definition) is 0. The molecule has 2 aliphatic rings. The number of benzene rings is 1. The van der Waals surface area contributed by atoms with Crippen molar-refractivity contribution < 1.29 is 9.53 Å². The maximum Gasteiger partial charge on any atom is 0.236 e. The fraction of sp³-hybridized carbons (Fsp3) is 0.526. The van der Waals surface area contributed by atoms with Gasteiger partial charge in [0.1, 0.15) is 0 Å². The number of hydrogen-bond acceptors (Lipinski definition) is 3. The highest BCUT2D eigenvalue weighted by atomic mass is 35.5. The Morgan fingerprint density at radius 3 is 2.67 bits per heavy atom. The van der Waals surface area contributed by atoms with E-state index in [0.29, 0.717) is 12.5 Å². The zero-order valence-corrected chi connectivity index (χ0v) is 14.8. The first kappa shape index (κ1) is 17.5. The van der Waals surface area contributed by atoms with Crippen molar-refractivity contribution in [1.29, 1.82) is 0 Å². The molecule has 3 rings (SSSR count). The van der Waals surface area contributed by atoms with E-state index in [1.165, 1.54) is 0 Å². The molecule has 1 aromatic carbocycles. The van der Waals surface area contributed by atoms with E-state index in [4.69, 9.17) is 16.3 Å². The van der Waals surface area contributed by atoms with Gasteiger partial charge < -0.3 is 9.64 Å². The van der Waals surface area contributed by atoms with Crippen LogP contribution in [0.4, 0.5) is 0 Å². The van der Waals surface area contributed by atoms with Crippen molar-refractivity contribution in [3.63, 3.8) is 0 Å². The quantitative estimate of drug-likeness (QED) is 0.838. The number of carbonyl (C=O) groups is 1. The predicted molar refractivity (Wildman–Crippen MR) is 97.0 cm³/mol. The molecule has 0 N–H and O–H groups in total. The Bertz CT molecular complexity index is 576. The van der Waals surface area contributed by atoms with Gasteiger partial charge in [0.2, 0.25) is 5.91 Å². The zero-order valence-electron chi connectivity index (χ0n) is 14.0. The molecule has 2 aliphatic heterocycles. The molecule has 130 valence electrons. The van der Waals surface area contributed by atoms with Crippen molar-refractivity contribution in [3.05, 3.63) is 40.9 Å². The lowest BCUT2D eigenvalue weighted by Crippen LogP contribution is -2.46. The molecule has 2 heterocycles. The standard InChI is InChI=1S/C19H25ClN2O2/c20-18-3-1-2-17(14-18)5-4-16-6-8-22(9-7-16)19(23)15-21-10-12-24-13-11-21/h1-5,14,16H,6-13,15H2/b5-4+. The molecule has 0 bridgehead atoms. The fourth-order valence-corrected chi connectivity index (χ4v) is 3.45. The molecule has 1 amide bonds. The lowest BCUT2D eigenvalue weighted by molar-refractivity contribution is -0.134. The lowest BCUT2D eigenvalue weighted by atomic mass is 9.95. The smallest absolute Gasteiger partial charge is 0.236 e. The molecule has 0 atom stereocenters. The number of piperidine rings is 1. The normalized spacial score (nSPS) is 20.6. The molecule has 2 fully saturated rings. The van der Waals surface area contributed by atoms with Gasteiger partial charge in [-0.25, -0.2) is 0 Å². The highest BCUT2D eigenvalue weighted by molar-refractivity contribution is 6.30. The number of halogens is 1. The second kappa shape index (κ2) is 8.65. The highest BCUT2D eigenvalue weighted by Gasteiger charge is 2.23. The van der Waals surface area contributed by atoms with Crippen molar-refractivity contribution in [2.45, 2.75) is 12.8 Å². The minimum Gasteiger partial charge on any atom is -0.379 e. The number of carbonyl (C=O) groups excluding carboxylic acids is 1. The van der Waals surface area contributed by atoms with Gasteiger partial charge in [0.15, 0.2) is 0 Å². The van der Waals surface area contributed by atoms with Crippen LogP contribution in [0.1, 0.15) is 18.4 Å². The van der Waals surface area contributed by atoms with Crippen molar-refractivity contribution in [3.8, 4) is 0 Å². The van der Waals surface area contributed by atoms with Gasteiger partial charge in [-0.05, 0) is 36.5 Å². The second-order valence-electron chi connectivity index (χ2n) is 6.52.